The molecule has 23 heavy (non-hydrogen) atoms. The smallest absolute Gasteiger partial charge is 0.254 e. The van der Waals surface area contributed by atoms with Crippen molar-refractivity contribution in [3.05, 3.63) is 60.2 Å². The summed E-state index contributed by atoms with van der Waals surface area (Å²) in [5.41, 5.74) is 0.326. The van der Waals surface area contributed by atoms with Crippen LogP contribution in [0.4, 0.5) is 4.39 Å². The number of benzene rings is 1. The van der Waals surface area contributed by atoms with Crippen LogP contribution in [-0.2, 0) is 4.74 Å². The Bertz CT molecular complexity index is 666. The first kappa shape index (κ1) is 15.4. The predicted molar refractivity (Wildman–Crippen MR) is 81.8 cm³/mol. The SMILES string of the molecule is O=C(c1cccc(F)c1)N1CCOCC(Oc2cccnc2)C1. The number of amides is 1. The van der Waals surface area contributed by atoms with Crippen molar-refractivity contribution in [2.75, 3.05) is 26.3 Å². The van der Waals surface area contributed by atoms with E-state index in [0.29, 0.717) is 37.6 Å². The van der Waals surface area contributed by atoms with Gasteiger partial charge in [-0.15, -0.1) is 0 Å². The zero-order valence-corrected chi connectivity index (χ0v) is 12.5. The van der Waals surface area contributed by atoms with Crippen LogP contribution in [0, 0.1) is 5.82 Å². The van der Waals surface area contributed by atoms with Gasteiger partial charge < -0.3 is 14.4 Å². The molecule has 120 valence electrons. The standard InChI is InChI=1S/C17H17FN2O3/c18-14-4-1-3-13(9-14)17(21)20-7-8-22-12-16(11-20)23-15-5-2-6-19-10-15/h1-6,9-10,16H,7-8,11-12H2. The molecule has 5 nitrogen and oxygen atoms in total. The van der Waals surface area contributed by atoms with Gasteiger partial charge in [0.05, 0.1) is 26.0 Å². The minimum Gasteiger partial charge on any atom is -0.485 e. The molecule has 0 bridgehead atoms. The average molecular weight is 316 g/mol. The first-order valence-electron chi connectivity index (χ1n) is 7.41. The largest absolute Gasteiger partial charge is 0.485 e. The summed E-state index contributed by atoms with van der Waals surface area (Å²) in [6.45, 7) is 1.64. The average Bonchev–Trinajstić information content (AvgIpc) is 2.81. The van der Waals surface area contributed by atoms with E-state index in [1.54, 1.807) is 35.5 Å². The number of pyridine rings is 1. The maximum atomic E-state index is 13.3. The van der Waals surface area contributed by atoms with Gasteiger partial charge in [0.25, 0.3) is 5.91 Å². The second kappa shape index (κ2) is 7.19. The predicted octanol–water partition coefficient (Wildman–Crippen LogP) is 2.14. The summed E-state index contributed by atoms with van der Waals surface area (Å²) in [7, 11) is 0. The number of nitrogens with zero attached hydrogens (tertiary/aromatic N) is 2. The van der Waals surface area contributed by atoms with Crippen LogP contribution in [0.15, 0.2) is 48.8 Å². The molecule has 1 aliphatic heterocycles. The summed E-state index contributed by atoms with van der Waals surface area (Å²) >= 11 is 0. The summed E-state index contributed by atoms with van der Waals surface area (Å²) in [5, 5.41) is 0. The summed E-state index contributed by atoms with van der Waals surface area (Å²) in [6.07, 6.45) is 2.99. The van der Waals surface area contributed by atoms with Crippen LogP contribution in [0.2, 0.25) is 0 Å². The number of ether oxygens (including phenoxy) is 2. The van der Waals surface area contributed by atoms with E-state index in [0.717, 1.165) is 0 Å². The summed E-state index contributed by atoms with van der Waals surface area (Å²) in [6, 6.07) is 9.27. The second-order valence-electron chi connectivity index (χ2n) is 5.27. The molecule has 0 radical (unpaired) electrons. The third-order valence-corrected chi connectivity index (χ3v) is 3.53. The van der Waals surface area contributed by atoms with E-state index < -0.39 is 5.82 Å². The Kier molecular flexibility index (Phi) is 4.83. The van der Waals surface area contributed by atoms with E-state index in [1.165, 1.54) is 18.2 Å². The summed E-state index contributed by atoms with van der Waals surface area (Å²) in [5.74, 6) is -0.0268. The Morgan fingerprint density at radius 3 is 3.04 bits per heavy atom. The number of halogens is 1. The first-order chi connectivity index (χ1) is 11.2. The van der Waals surface area contributed by atoms with E-state index in [2.05, 4.69) is 4.98 Å². The van der Waals surface area contributed by atoms with Gasteiger partial charge in [0.2, 0.25) is 0 Å². The highest BCUT2D eigenvalue weighted by molar-refractivity contribution is 5.94. The molecule has 1 aliphatic rings. The molecule has 0 N–H and O–H groups in total. The highest BCUT2D eigenvalue weighted by Crippen LogP contribution is 2.14. The highest BCUT2D eigenvalue weighted by Gasteiger charge is 2.24. The molecule has 3 rings (SSSR count). The fourth-order valence-corrected chi connectivity index (χ4v) is 2.45. The molecule has 1 atom stereocenters. The molecule has 0 spiro atoms. The van der Waals surface area contributed by atoms with E-state index in [9.17, 15) is 9.18 Å². The summed E-state index contributed by atoms with van der Waals surface area (Å²) < 4.78 is 24.6. The van der Waals surface area contributed by atoms with Gasteiger partial charge in [-0.3, -0.25) is 9.78 Å². The van der Waals surface area contributed by atoms with E-state index >= 15 is 0 Å². The number of hydrogen-bond acceptors (Lipinski definition) is 4. The normalized spacial score (nSPS) is 18.3. The van der Waals surface area contributed by atoms with Crippen LogP contribution in [-0.4, -0.2) is 48.2 Å². The molecule has 2 heterocycles. The lowest BCUT2D eigenvalue weighted by Gasteiger charge is -2.24. The Hall–Kier alpha value is -2.47. The molecule has 0 aliphatic carbocycles. The maximum absolute atomic E-state index is 13.3. The molecule has 2 aromatic rings. The lowest BCUT2D eigenvalue weighted by Crippen LogP contribution is -2.40. The number of carbonyl (C=O) groups excluding carboxylic acids is 1. The van der Waals surface area contributed by atoms with Crippen molar-refractivity contribution in [2.45, 2.75) is 6.10 Å². The number of rotatable bonds is 3. The fraction of sp³-hybridized carbons (Fsp3) is 0.294. The van der Waals surface area contributed by atoms with Crippen LogP contribution in [0.25, 0.3) is 0 Å². The number of hydrogen-bond donors (Lipinski definition) is 0. The Morgan fingerprint density at radius 2 is 2.26 bits per heavy atom. The molecule has 0 saturated carbocycles. The van der Waals surface area contributed by atoms with Gasteiger partial charge in [0.1, 0.15) is 17.7 Å². The van der Waals surface area contributed by atoms with Gasteiger partial charge in [-0.25, -0.2) is 4.39 Å². The van der Waals surface area contributed by atoms with Crippen LogP contribution < -0.4 is 4.74 Å². The third kappa shape index (κ3) is 4.04. The van der Waals surface area contributed by atoms with E-state index in [-0.39, 0.29) is 12.0 Å². The highest BCUT2D eigenvalue weighted by atomic mass is 19.1. The molecule has 1 fully saturated rings. The molecule has 1 saturated heterocycles. The number of carbonyl (C=O) groups is 1. The van der Waals surface area contributed by atoms with Crippen molar-refractivity contribution in [1.82, 2.24) is 9.88 Å². The molecular formula is C17H17FN2O3. The van der Waals surface area contributed by atoms with Crippen LogP contribution in [0.1, 0.15) is 10.4 Å². The molecule has 6 heteroatoms. The topological polar surface area (TPSA) is 51.7 Å². The van der Waals surface area contributed by atoms with Gasteiger partial charge in [-0.05, 0) is 30.3 Å². The second-order valence-corrected chi connectivity index (χ2v) is 5.27. The first-order valence-corrected chi connectivity index (χ1v) is 7.41. The van der Waals surface area contributed by atoms with Gasteiger partial charge in [0, 0.05) is 18.3 Å². The Balaban J connectivity index is 1.70. The van der Waals surface area contributed by atoms with E-state index in [1.807, 2.05) is 0 Å². The summed E-state index contributed by atoms with van der Waals surface area (Å²) in [4.78, 5) is 18.2. The molecule has 1 amide bonds. The van der Waals surface area contributed by atoms with Crippen molar-refractivity contribution < 1.29 is 18.7 Å². The van der Waals surface area contributed by atoms with Gasteiger partial charge in [-0.1, -0.05) is 6.07 Å². The zero-order valence-electron chi connectivity index (χ0n) is 12.5. The molecule has 1 aromatic carbocycles. The van der Waals surface area contributed by atoms with Crippen molar-refractivity contribution in [1.29, 1.82) is 0 Å². The van der Waals surface area contributed by atoms with Gasteiger partial charge in [-0.2, -0.15) is 0 Å². The number of aromatic nitrogens is 1. The van der Waals surface area contributed by atoms with Gasteiger partial charge in [0.15, 0.2) is 0 Å². The minimum atomic E-state index is -0.426. The van der Waals surface area contributed by atoms with Gasteiger partial charge >= 0.3 is 0 Å². The molecular weight excluding hydrogens is 299 g/mol. The molecule has 1 aromatic heterocycles. The maximum Gasteiger partial charge on any atom is 0.254 e. The van der Waals surface area contributed by atoms with Crippen LogP contribution in [0.5, 0.6) is 5.75 Å². The van der Waals surface area contributed by atoms with E-state index in [4.69, 9.17) is 9.47 Å². The lowest BCUT2D eigenvalue weighted by atomic mass is 10.2. The lowest BCUT2D eigenvalue weighted by molar-refractivity contribution is 0.0650. The van der Waals surface area contributed by atoms with Crippen LogP contribution in [0.3, 0.4) is 0 Å². The molecule has 1 unspecified atom stereocenters. The Labute approximate surface area is 133 Å². The fourth-order valence-electron chi connectivity index (χ4n) is 2.45. The minimum absolute atomic E-state index is 0.227. The van der Waals surface area contributed by atoms with Crippen molar-refractivity contribution >= 4 is 5.91 Å². The van der Waals surface area contributed by atoms with Crippen molar-refractivity contribution in [3.63, 3.8) is 0 Å². The van der Waals surface area contributed by atoms with Crippen molar-refractivity contribution in [3.8, 4) is 5.75 Å². The van der Waals surface area contributed by atoms with Crippen molar-refractivity contribution in [2.24, 2.45) is 0 Å². The zero-order chi connectivity index (χ0) is 16.1. The third-order valence-electron chi connectivity index (χ3n) is 3.53. The monoisotopic (exact) mass is 316 g/mol. The van der Waals surface area contributed by atoms with Crippen LogP contribution >= 0.6 is 0 Å². The Morgan fingerprint density at radius 1 is 1.35 bits per heavy atom. The quantitative estimate of drug-likeness (QED) is 0.870.